The fraction of sp³-hybridized carbons (Fsp3) is 0.400. The van der Waals surface area contributed by atoms with Gasteiger partial charge in [-0.25, -0.2) is 9.97 Å². The zero-order valence-corrected chi connectivity index (χ0v) is 16.1. The van der Waals surface area contributed by atoms with Gasteiger partial charge in [0.1, 0.15) is 0 Å². The minimum absolute atomic E-state index is 0.127. The summed E-state index contributed by atoms with van der Waals surface area (Å²) in [6, 6.07) is -1.45. The molecule has 3 heterocycles. The minimum Gasteiger partial charge on any atom is -0.378 e. The van der Waals surface area contributed by atoms with Gasteiger partial charge in [-0.2, -0.15) is 0 Å². The molecule has 0 radical (unpaired) electrons. The number of hydrogen-bond donors (Lipinski definition) is 3. The van der Waals surface area contributed by atoms with E-state index in [0.29, 0.717) is 42.7 Å². The molecule has 1 unspecified atom stereocenters. The van der Waals surface area contributed by atoms with E-state index in [1.165, 1.54) is 22.7 Å². The van der Waals surface area contributed by atoms with Crippen LogP contribution >= 0.6 is 22.7 Å². The number of aromatic nitrogens is 2. The number of nitrogens with one attached hydrogen (secondary N) is 1. The summed E-state index contributed by atoms with van der Waals surface area (Å²) in [6.07, 6.45) is 0. The second kappa shape index (κ2) is 8.08. The van der Waals surface area contributed by atoms with E-state index in [1.54, 1.807) is 17.2 Å². The molecule has 0 aromatic carbocycles. The van der Waals surface area contributed by atoms with Crippen molar-refractivity contribution in [3.63, 3.8) is 0 Å². The smallest absolute Gasteiger partial charge is 0.283 e. The van der Waals surface area contributed by atoms with Crippen molar-refractivity contribution >= 4 is 45.5 Å². The fourth-order valence-electron chi connectivity index (χ4n) is 2.38. The van der Waals surface area contributed by atoms with Gasteiger partial charge in [-0.3, -0.25) is 14.4 Å². The van der Waals surface area contributed by atoms with Gasteiger partial charge < -0.3 is 26.4 Å². The van der Waals surface area contributed by atoms with Gasteiger partial charge in [0.05, 0.1) is 29.5 Å². The van der Waals surface area contributed by atoms with Crippen molar-refractivity contribution < 1.29 is 19.1 Å². The number of aryl methyl sites for hydroxylation is 1. The summed E-state index contributed by atoms with van der Waals surface area (Å²) in [6.45, 7) is 3.90. The Kier molecular flexibility index (Phi) is 5.79. The third-order valence-electron chi connectivity index (χ3n) is 3.83. The molecule has 0 bridgehead atoms. The number of rotatable bonds is 5. The van der Waals surface area contributed by atoms with E-state index in [2.05, 4.69) is 15.3 Å². The molecular weight excluding hydrogens is 392 g/mol. The summed E-state index contributed by atoms with van der Waals surface area (Å²) in [5.41, 5.74) is 11.7. The van der Waals surface area contributed by atoms with E-state index in [0.717, 1.165) is 4.88 Å². The van der Waals surface area contributed by atoms with Crippen LogP contribution in [-0.2, 0) is 14.3 Å². The van der Waals surface area contributed by atoms with Crippen LogP contribution in [-0.4, -0.2) is 64.9 Å². The van der Waals surface area contributed by atoms with Crippen molar-refractivity contribution in [1.29, 1.82) is 0 Å². The minimum atomic E-state index is -1.45. The number of carbonyl (C=O) groups excluding carboxylic acids is 3. The molecule has 2 aromatic rings. The standard InChI is InChI=1S/C15H18N6O4S2/c1-7-10(27-15(18-7)20-12(23)9(16)11(17)22)8-6-26-13(19-8)14(24)21-2-4-25-5-3-21/h6,9H,2-5,16H2,1H3,(H2,17,22)(H,18,20,23). The topological polar surface area (TPSA) is 154 Å². The Bertz CT molecular complexity index is 874. The molecule has 1 fully saturated rings. The molecule has 144 valence electrons. The molecule has 12 heteroatoms. The first-order chi connectivity index (χ1) is 12.9. The molecule has 0 spiro atoms. The van der Waals surface area contributed by atoms with Crippen LogP contribution in [0, 0.1) is 6.92 Å². The van der Waals surface area contributed by atoms with E-state index < -0.39 is 17.9 Å². The van der Waals surface area contributed by atoms with Crippen LogP contribution in [0.3, 0.4) is 0 Å². The van der Waals surface area contributed by atoms with Crippen molar-refractivity contribution in [2.45, 2.75) is 13.0 Å². The lowest BCUT2D eigenvalue weighted by atomic mass is 10.3. The van der Waals surface area contributed by atoms with Gasteiger partial charge in [-0.1, -0.05) is 11.3 Å². The van der Waals surface area contributed by atoms with Gasteiger partial charge >= 0.3 is 0 Å². The molecule has 5 N–H and O–H groups in total. The Morgan fingerprint density at radius 3 is 2.67 bits per heavy atom. The summed E-state index contributed by atoms with van der Waals surface area (Å²) >= 11 is 2.43. The van der Waals surface area contributed by atoms with Gasteiger partial charge in [0.25, 0.3) is 11.8 Å². The maximum atomic E-state index is 12.5. The SMILES string of the molecule is Cc1nc(NC(=O)C(N)C(N)=O)sc1-c1csc(C(=O)N2CCOCC2)n1. The maximum Gasteiger partial charge on any atom is 0.283 e. The van der Waals surface area contributed by atoms with Crippen LogP contribution < -0.4 is 16.8 Å². The zero-order valence-electron chi connectivity index (χ0n) is 14.4. The lowest BCUT2D eigenvalue weighted by Crippen LogP contribution is -2.46. The highest BCUT2D eigenvalue weighted by molar-refractivity contribution is 7.19. The van der Waals surface area contributed by atoms with Crippen molar-refractivity contribution in [2.24, 2.45) is 11.5 Å². The maximum absolute atomic E-state index is 12.5. The first kappa shape index (κ1) is 19.4. The number of morpholine rings is 1. The van der Waals surface area contributed by atoms with E-state index in [1.807, 2.05) is 0 Å². The Hall–Kier alpha value is -2.41. The van der Waals surface area contributed by atoms with Crippen LogP contribution in [0.15, 0.2) is 5.38 Å². The average Bonchev–Trinajstić information content (AvgIpc) is 3.27. The fourth-order valence-corrected chi connectivity index (χ4v) is 4.16. The van der Waals surface area contributed by atoms with Crippen LogP contribution in [0.4, 0.5) is 5.13 Å². The van der Waals surface area contributed by atoms with Crippen LogP contribution in [0.25, 0.3) is 10.6 Å². The van der Waals surface area contributed by atoms with Crippen molar-refractivity contribution in [3.8, 4) is 10.6 Å². The molecule has 0 saturated carbocycles. The lowest BCUT2D eigenvalue weighted by Gasteiger charge is -2.25. The number of nitrogens with zero attached hydrogens (tertiary/aromatic N) is 3. The Balaban J connectivity index is 1.75. The molecule has 0 aliphatic carbocycles. The van der Waals surface area contributed by atoms with Gasteiger partial charge in [0, 0.05) is 18.5 Å². The molecule has 1 saturated heterocycles. The predicted octanol–water partition coefficient (Wildman–Crippen LogP) is -0.201. The van der Waals surface area contributed by atoms with Crippen LogP contribution in [0.1, 0.15) is 15.5 Å². The number of nitrogens with two attached hydrogens (primary N) is 2. The van der Waals surface area contributed by atoms with Gasteiger partial charge in [0.2, 0.25) is 5.91 Å². The highest BCUT2D eigenvalue weighted by Gasteiger charge is 2.24. The van der Waals surface area contributed by atoms with Gasteiger partial charge in [0.15, 0.2) is 16.2 Å². The largest absolute Gasteiger partial charge is 0.378 e. The third kappa shape index (κ3) is 4.30. The molecular formula is C15H18N6O4S2. The van der Waals surface area contributed by atoms with Gasteiger partial charge in [-0.15, -0.1) is 11.3 Å². The number of primary amides is 1. The van der Waals surface area contributed by atoms with Crippen LogP contribution in [0.5, 0.6) is 0 Å². The highest BCUT2D eigenvalue weighted by Crippen LogP contribution is 2.33. The number of ether oxygens (including phenoxy) is 1. The summed E-state index contributed by atoms with van der Waals surface area (Å²) in [7, 11) is 0. The number of hydrogen-bond acceptors (Lipinski definition) is 9. The quantitative estimate of drug-likeness (QED) is 0.577. The second-order valence-electron chi connectivity index (χ2n) is 5.75. The molecule has 1 aliphatic heterocycles. The lowest BCUT2D eigenvalue weighted by molar-refractivity contribution is -0.126. The molecule has 3 amide bonds. The molecule has 2 aromatic heterocycles. The first-order valence-electron chi connectivity index (χ1n) is 8.03. The van der Waals surface area contributed by atoms with E-state index in [4.69, 9.17) is 16.2 Å². The Labute approximate surface area is 162 Å². The zero-order chi connectivity index (χ0) is 19.6. The number of carbonyl (C=O) groups is 3. The summed E-state index contributed by atoms with van der Waals surface area (Å²) < 4.78 is 5.25. The highest BCUT2D eigenvalue weighted by atomic mass is 32.1. The van der Waals surface area contributed by atoms with Crippen molar-refractivity contribution in [1.82, 2.24) is 14.9 Å². The Morgan fingerprint density at radius 1 is 1.30 bits per heavy atom. The van der Waals surface area contributed by atoms with Crippen molar-refractivity contribution in [2.75, 3.05) is 31.6 Å². The van der Waals surface area contributed by atoms with Crippen molar-refractivity contribution in [3.05, 3.63) is 16.1 Å². The number of thiazole rings is 2. The van der Waals surface area contributed by atoms with Gasteiger partial charge in [-0.05, 0) is 6.92 Å². The summed E-state index contributed by atoms with van der Waals surface area (Å²) in [5.74, 6) is -1.78. The molecule has 1 aliphatic rings. The monoisotopic (exact) mass is 410 g/mol. The molecule has 3 rings (SSSR count). The molecule has 27 heavy (non-hydrogen) atoms. The first-order valence-corrected chi connectivity index (χ1v) is 9.72. The van der Waals surface area contributed by atoms with E-state index >= 15 is 0 Å². The predicted molar refractivity (Wildman–Crippen MR) is 100 cm³/mol. The summed E-state index contributed by atoms with van der Waals surface area (Å²) in [5, 5.41) is 4.90. The summed E-state index contributed by atoms with van der Waals surface area (Å²) in [4.78, 5) is 46.4. The average molecular weight is 410 g/mol. The Morgan fingerprint density at radius 2 is 2.00 bits per heavy atom. The third-order valence-corrected chi connectivity index (χ3v) is 5.76. The molecule has 10 nitrogen and oxygen atoms in total. The van der Waals surface area contributed by atoms with E-state index in [9.17, 15) is 14.4 Å². The number of anilines is 1. The normalized spacial score (nSPS) is 15.4. The van der Waals surface area contributed by atoms with E-state index in [-0.39, 0.29) is 11.0 Å². The molecule has 1 atom stereocenters. The number of amides is 3. The second-order valence-corrected chi connectivity index (χ2v) is 7.60. The van der Waals surface area contributed by atoms with Crippen LogP contribution in [0.2, 0.25) is 0 Å².